The fraction of sp³-hybridized carbons (Fsp3) is 0.714. The molecule has 0 spiro atoms. The van der Waals surface area contributed by atoms with Gasteiger partial charge >= 0.3 is 0 Å². The summed E-state index contributed by atoms with van der Waals surface area (Å²) in [5.74, 6) is 1.04. The van der Waals surface area contributed by atoms with E-state index in [2.05, 4.69) is 30.1 Å². The van der Waals surface area contributed by atoms with Gasteiger partial charge < -0.3 is 9.15 Å². The molecule has 0 saturated carbocycles. The average Bonchev–Trinajstić information content (AvgIpc) is 2.78. The Morgan fingerprint density at radius 2 is 1.94 bits per heavy atom. The number of aryl methyl sites for hydroxylation is 1. The molecule has 4 heteroatoms. The van der Waals surface area contributed by atoms with E-state index in [0.717, 1.165) is 32.1 Å². The van der Waals surface area contributed by atoms with Gasteiger partial charge in [-0.25, -0.2) is 0 Å². The van der Waals surface area contributed by atoms with E-state index in [0.29, 0.717) is 0 Å². The van der Waals surface area contributed by atoms with Crippen LogP contribution < -0.4 is 5.38 Å². The molecule has 0 aliphatic carbocycles. The van der Waals surface area contributed by atoms with Crippen LogP contribution in [0, 0.1) is 6.92 Å². The Labute approximate surface area is 111 Å². The van der Waals surface area contributed by atoms with Gasteiger partial charge in [0.15, 0.2) is 0 Å². The summed E-state index contributed by atoms with van der Waals surface area (Å²) in [7, 11) is -1.37. The lowest BCUT2D eigenvalue weighted by Gasteiger charge is -2.28. The third kappa shape index (κ3) is 3.70. The fourth-order valence-corrected chi connectivity index (χ4v) is 4.75. The second-order valence-electron chi connectivity index (χ2n) is 5.85. The van der Waals surface area contributed by atoms with Crippen LogP contribution in [0.25, 0.3) is 0 Å². The summed E-state index contributed by atoms with van der Waals surface area (Å²) in [6.45, 7) is 12.1. The Bertz CT molecular complexity index is 370. The van der Waals surface area contributed by atoms with Crippen LogP contribution in [0.2, 0.25) is 19.1 Å². The number of hydrogen-bond donors (Lipinski definition) is 0. The topological polar surface area (TPSA) is 25.6 Å². The van der Waals surface area contributed by atoms with Crippen LogP contribution in [-0.4, -0.2) is 45.8 Å². The molecule has 1 saturated heterocycles. The fourth-order valence-electron chi connectivity index (χ4n) is 2.49. The minimum atomic E-state index is -1.37. The first-order valence-electron chi connectivity index (χ1n) is 6.95. The Morgan fingerprint density at radius 3 is 2.56 bits per heavy atom. The van der Waals surface area contributed by atoms with Gasteiger partial charge in [0.1, 0.15) is 8.07 Å². The van der Waals surface area contributed by atoms with Gasteiger partial charge in [-0.05, 0) is 38.1 Å². The molecule has 1 aliphatic heterocycles. The first-order valence-corrected chi connectivity index (χ1v) is 10.2. The Balaban J connectivity index is 1.78. The highest BCUT2D eigenvalue weighted by Crippen LogP contribution is 2.15. The van der Waals surface area contributed by atoms with Crippen LogP contribution in [0.15, 0.2) is 16.5 Å². The maximum absolute atomic E-state index is 5.82. The van der Waals surface area contributed by atoms with Crippen molar-refractivity contribution in [2.75, 3.05) is 32.8 Å². The third-order valence-electron chi connectivity index (χ3n) is 3.79. The smallest absolute Gasteiger partial charge is 0.126 e. The van der Waals surface area contributed by atoms with E-state index >= 15 is 0 Å². The number of nitrogens with zero attached hydrogens (tertiary/aromatic N) is 1. The zero-order valence-electron chi connectivity index (χ0n) is 11.9. The molecule has 1 fully saturated rings. The summed E-state index contributed by atoms with van der Waals surface area (Å²) in [5, 5.41) is 1.25. The van der Waals surface area contributed by atoms with Gasteiger partial charge in [-0.1, -0.05) is 13.1 Å². The summed E-state index contributed by atoms with van der Waals surface area (Å²) in [5.41, 5.74) is 0. The lowest BCUT2D eigenvalue weighted by Crippen LogP contribution is -2.42. The Hall–Kier alpha value is -0.583. The van der Waals surface area contributed by atoms with Gasteiger partial charge in [-0.2, -0.15) is 0 Å². The molecule has 0 aromatic carbocycles. The minimum absolute atomic E-state index is 0.901. The minimum Gasteiger partial charge on any atom is -0.472 e. The van der Waals surface area contributed by atoms with E-state index < -0.39 is 8.07 Å². The van der Waals surface area contributed by atoms with Gasteiger partial charge in [0.05, 0.1) is 24.4 Å². The van der Waals surface area contributed by atoms with Crippen molar-refractivity contribution in [2.45, 2.75) is 32.5 Å². The molecule has 1 aromatic heterocycles. The zero-order chi connectivity index (χ0) is 13.0. The third-order valence-corrected chi connectivity index (χ3v) is 6.99. The van der Waals surface area contributed by atoms with Crippen LogP contribution in [0.4, 0.5) is 0 Å². The molecule has 18 heavy (non-hydrogen) atoms. The van der Waals surface area contributed by atoms with Crippen molar-refractivity contribution < 1.29 is 9.15 Å². The molecule has 102 valence electrons. The largest absolute Gasteiger partial charge is 0.472 e. The quantitative estimate of drug-likeness (QED) is 0.765. The van der Waals surface area contributed by atoms with Crippen LogP contribution in [0.1, 0.15) is 12.2 Å². The maximum Gasteiger partial charge on any atom is 0.126 e. The molecule has 0 bridgehead atoms. The van der Waals surface area contributed by atoms with E-state index in [1.54, 1.807) is 0 Å². The number of ether oxygens (including phenoxy) is 1. The highest BCUT2D eigenvalue weighted by molar-refractivity contribution is 6.88. The predicted molar refractivity (Wildman–Crippen MR) is 77.2 cm³/mol. The molecular weight excluding hydrogens is 242 g/mol. The molecule has 0 N–H and O–H groups in total. The van der Waals surface area contributed by atoms with Gasteiger partial charge in [0.25, 0.3) is 0 Å². The Morgan fingerprint density at radius 1 is 1.22 bits per heavy atom. The molecular formula is C14H25NO2Si. The van der Waals surface area contributed by atoms with Crippen LogP contribution in [0.5, 0.6) is 0 Å². The summed E-state index contributed by atoms with van der Waals surface area (Å²) >= 11 is 0. The highest BCUT2D eigenvalue weighted by atomic mass is 28.3. The molecule has 0 radical (unpaired) electrons. The first kappa shape index (κ1) is 13.8. The normalized spacial score (nSPS) is 18.2. The van der Waals surface area contributed by atoms with E-state index in [1.165, 1.54) is 24.4 Å². The average molecular weight is 267 g/mol. The molecule has 0 unspecified atom stereocenters. The second kappa shape index (κ2) is 6.04. The van der Waals surface area contributed by atoms with E-state index in [9.17, 15) is 0 Å². The van der Waals surface area contributed by atoms with Gasteiger partial charge in [0.2, 0.25) is 0 Å². The number of morpholine rings is 1. The second-order valence-corrected chi connectivity index (χ2v) is 10.6. The van der Waals surface area contributed by atoms with Crippen molar-refractivity contribution in [3.05, 3.63) is 17.9 Å². The van der Waals surface area contributed by atoms with Gasteiger partial charge in [0, 0.05) is 13.1 Å². The van der Waals surface area contributed by atoms with E-state index in [-0.39, 0.29) is 0 Å². The van der Waals surface area contributed by atoms with Gasteiger partial charge in [-0.15, -0.1) is 0 Å². The molecule has 2 rings (SSSR count). The molecule has 2 heterocycles. The summed E-state index contributed by atoms with van der Waals surface area (Å²) in [4.78, 5) is 2.52. The van der Waals surface area contributed by atoms with E-state index in [4.69, 9.17) is 9.15 Å². The van der Waals surface area contributed by atoms with Crippen molar-refractivity contribution in [3.63, 3.8) is 0 Å². The van der Waals surface area contributed by atoms with Crippen molar-refractivity contribution in [2.24, 2.45) is 0 Å². The lowest BCUT2D eigenvalue weighted by atomic mass is 10.3. The number of furan rings is 1. The van der Waals surface area contributed by atoms with E-state index in [1.807, 2.05) is 6.92 Å². The molecule has 3 nitrogen and oxygen atoms in total. The van der Waals surface area contributed by atoms with Crippen LogP contribution in [-0.2, 0) is 4.74 Å². The molecule has 0 atom stereocenters. The Kier molecular flexibility index (Phi) is 4.64. The van der Waals surface area contributed by atoms with Crippen LogP contribution >= 0.6 is 0 Å². The maximum atomic E-state index is 5.82. The highest BCUT2D eigenvalue weighted by Gasteiger charge is 2.27. The van der Waals surface area contributed by atoms with Crippen molar-refractivity contribution >= 4 is 13.5 Å². The molecule has 1 aromatic rings. The number of rotatable bonds is 5. The lowest BCUT2D eigenvalue weighted by molar-refractivity contribution is 0.0379. The molecule has 1 aliphatic rings. The van der Waals surface area contributed by atoms with Gasteiger partial charge in [-0.3, -0.25) is 4.90 Å². The standard InChI is InChI=1S/C14H25NO2Si/c1-13-5-6-14(17-13)18(2,3)12-4-7-15-8-10-16-11-9-15/h5-6H,4,7-12H2,1-3H3. The predicted octanol–water partition coefficient (Wildman–Crippen LogP) is 2.23. The zero-order valence-corrected chi connectivity index (χ0v) is 12.9. The summed E-state index contributed by atoms with van der Waals surface area (Å²) < 4.78 is 11.2. The van der Waals surface area contributed by atoms with Crippen LogP contribution in [0.3, 0.4) is 0 Å². The van der Waals surface area contributed by atoms with Crippen molar-refractivity contribution in [3.8, 4) is 0 Å². The summed E-state index contributed by atoms with van der Waals surface area (Å²) in [6, 6.07) is 5.57. The monoisotopic (exact) mass is 267 g/mol. The summed E-state index contributed by atoms with van der Waals surface area (Å²) in [6.07, 6.45) is 1.28. The number of hydrogen-bond acceptors (Lipinski definition) is 3. The molecule has 0 amide bonds. The van der Waals surface area contributed by atoms with Crippen molar-refractivity contribution in [1.82, 2.24) is 4.90 Å². The van der Waals surface area contributed by atoms with Crippen molar-refractivity contribution in [1.29, 1.82) is 0 Å². The SMILES string of the molecule is Cc1ccc([Si](C)(C)CCCN2CCOCC2)o1. The first-order chi connectivity index (χ1) is 8.58.